The predicted octanol–water partition coefficient (Wildman–Crippen LogP) is 0.115. The topological polar surface area (TPSA) is 83.5 Å². The van der Waals surface area contributed by atoms with Crippen molar-refractivity contribution in [1.29, 1.82) is 0 Å². The molecule has 2 rings (SSSR count). The van der Waals surface area contributed by atoms with Gasteiger partial charge in [-0.2, -0.15) is 0 Å². The van der Waals surface area contributed by atoms with Gasteiger partial charge < -0.3 is 0 Å². The van der Waals surface area contributed by atoms with Gasteiger partial charge in [-0.05, 0) is 13.8 Å². The van der Waals surface area contributed by atoms with Crippen molar-refractivity contribution in [2.75, 3.05) is 0 Å². The SMILES string of the molecule is Cc1csc(C(C)N=C2NC(=O)C(=O)N2)n1. The second-order valence-electron chi connectivity index (χ2n) is 3.39. The van der Waals surface area contributed by atoms with Crippen LogP contribution < -0.4 is 10.6 Å². The van der Waals surface area contributed by atoms with Crippen molar-refractivity contribution < 1.29 is 9.59 Å². The van der Waals surface area contributed by atoms with Crippen LogP contribution in [-0.2, 0) is 9.59 Å². The van der Waals surface area contributed by atoms with Gasteiger partial charge in [0.05, 0.1) is 0 Å². The third kappa shape index (κ3) is 2.08. The molecule has 1 aliphatic rings. The fourth-order valence-electron chi connectivity index (χ4n) is 1.24. The predicted molar refractivity (Wildman–Crippen MR) is 59.0 cm³/mol. The van der Waals surface area contributed by atoms with Gasteiger partial charge in [-0.25, -0.2) is 9.98 Å². The standard InChI is InChI=1S/C9H10N4O2S/c1-4-3-16-8(10-4)5(2)11-9-12-6(14)7(15)13-9/h3,5H,1-2H3,(H2,11,12,13,14,15). The van der Waals surface area contributed by atoms with Crippen molar-refractivity contribution in [2.24, 2.45) is 4.99 Å². The summed E-state index contributed by atoms with van der Waals surface area (Å²) in [5.74, 6) is -1.17. The van der Waals surface area contributed by atoms with Gasteiger partial charge in [0.2, 0.25) is 5.96 Å². The van der Waals surface area contributed by atoms with Gasteiger partial charge in [0, 0.05) is 11.1 Å². The summed E-state index contributed by atoms with van der Waals surface area (Å²) in [6, 6.07) is -0.188. The normalized spacial score (nSPS) is 17.0. The van der Waals surface area contributed by atoms with Crippen molar-refractivity contribution in [3.8, 4) is 0 Å². The van der Waals surface area contributed by atoms with E-state index in [1.807, 2.05) is 19.2 Å². The van der Waals surface area contributed by atoms with Crippen LogP contribution >= 0.6 is 11.3 Å². The van der Waals surface area contributed by atoms with Crippen molar-refractivity contribution >= 4 is 29.1 Å². The van der Waals surface area contributed by atoms with E-state index >= 15 is 0 Å². The Balaban J connectivity index is 2.13. The van der Waals surface area contributed by atoms with Crippen LogP contribution in [0.2, 0.25) is 0 Å². The number of aryl methyl sites for hydroxylation is 1. The smallest absolute Gasteiger partial charge is 0.288 e. The van der Waals surface area contributed by atoms with Crippen LogP contribution in [0.15, 0.2) is 10.4 Å². The lowest BCUT2D eigenvalue weighted by atomic mass is 10.4. The van der Waals surface area contributed by atoms with Crippen LogP contribution in [0.25, 0.3) is 0 Å². The maximum atomic E-state index is 10.9. The second-order valence-corrected chi connectivity index (χ2v) is 4.28. The third-order valence-corrected chi connectivity index (χ3v) is 3.12. The van der Waals surface area contributed by atoms with Gasteiger partial charge in [0.1, 0.15) is 11.0 Å². The number of rotatable bonds is 2. The van der Waals surface area contributed by atoms with Crippen molar-refractivity contribution in [2.45, 2.75) is 19.9 Å². The molecule has 0 spiro atoms. The Morgan fingerprint density at radius 3 is 2.50 bits per heavy atom. The highest BCUT2D eigenvalue weighted by Gasteiger charge is 2.25. The zero-order valence-corrected chi connectivity index (χ0v) is 9.59. The van der Waals surface area contributed by atoms with E-state index in [9.17, 15) is 9.59 Å². The molecule has 1 saturated heterocycles. The molecule has 0 aliphatic carbocycles. The number of thiazole rings is 1. The maximum absolute atomic E-state index is 10.9. The molecule has 7 heteroatoms. The first kappa shape index (κ1) is 10.7. The summed E-state index contributed by atoms with van der Waals surface area (Å²) >= 11 is 1.50. The monoisotopic (exact) mass is 238 g/mol. The molecule has 2 N–H and O–H groups in total. The fourth-order valence-corrected chi connectivity index (χ4v) is 2.03. The molecule has 0 bridgehead atoms. The molecule has 1 atom stereocenters. The second kappa shape index (κ2) is 4.01. The molecule has 1 aromatic rings. The highest BCUT2D eigenvalue weighted by Crippen LogP contribution is 2.20. The molecule has 0 radical (unpaired) electrons. The zero-order valence-electron chi connectivity index (χ0n) is 8.77. The number of carbonyl (C=O) groups is 2. The molecule has 2 heterocycles. The van der Waals surface area contributed by atoms with Gasteiger partial charge in [-0.15, -0.1) is 11.3 Å². The van der Waals surface area contributed by atoms with E-state index in [4.69, 9.17) is 0 Å². The van der Waals surface area contributed by atoms with E-state index in [1.165, 1.54) is 11.3 Å². The molecular weight excluding hydrogens is 228 g/mol. The fraction of sp³-hybridized carbons (Fsp3) is 0.333. The average molecular weight is 238 g/mol. The molecule has 1 fully saturated rings. The summed E-state index contributed by atoms with van der Waals surface area (Å²) in [5, 5.41) is 7.45. The zero-order chi connectivity index (χ0) is 11.7. The molecule has 1 aromatic heterocycles. The number of nitrogens with one attached hydrogen (secondary N) is 2. The van der Waals surface area contributed by atoms with Gasteiger partial charge in [0.25, 0.3) is 0 Å². The van der Waals surface area contributed by atoms with Crippen LogP contribution in [0.4, 0.5) is 0 Å². The number of amides is 2. The maximum Gasteiger partial charge on any atom is 0.316 e. The largest absolute Gasteiger partial charge is 0.316 e. The number of hydrogen-bond donors (Lipinski definition) is 2. The molecule has 0 aromatic carbocycles. The Labute approximate surface area is 95.8 Å². The molecule has 6 nitrogen and oxygen atoms in total. The molecule has 2 amide bonds. The summed E-state index contributed by atoms with van der Waals surface area (Å²) in [7, 11) is 0. The first-order valence-electron chi connectivity index (χ1n) is 4.68. The highest BCUT2D eigenvalue weighted by atomic mass is 32.1. The van der Waals surface area contributed by atoms with Gasteiger partial charge in [0.15, 0.2) is 0 Å². The van der Waals surface area contributed by atoms with Crippen molar-refractivity contribution in [3.05, 3.63) is 16.1 Å². The third-order valence-electron chi connectivity index (χ3n) is 1.99. The van der Waals surface area contributed by atoms with E-state index in [0.717, 1.165) is 10.7 Å². The van der Waals surface area contributed by atoms with E-state index in [0.29, 0.717) is 0 Å². The Hall–Kier alpha value is -1.76. The van der Waals surface area contributed by atoms with Gasteiger partial charge in [-0.1, -0.05) is 0 Å². The molecule has 84 valence electrons. The minimum Gasteiger partial charge on any atom is -0.288 e. The summed E-state index contributed by atoms with van der Waals surface area (Å²) in [4.78, 5) is 30.2. The van der Waals surface area contributed by atoms with Crippen LogP contribution in [0.5, 0.6) is 0 Å². The van der Waals surface area contributed by atoms with Crippen LogP contribution in [0.3, 0.4) is 0 Å². The lowest BCUT2D eigenvalue weighted by Crippen LogP contribution is -2.26. The summed E-state index contributed by atoms with van der Waals surface area (Å²) in [6.07, 6.45) is 0. The first-order chi connectivity index (χ1) is 7.56. The van der Waals surface area contributed by atoms with Crippen LogP contribution in [0, 0.1) is 6.92 Å². The Bertz CT molecular complexity index is 462. The molecular formula is C9H10N4O2S. The number of nitrogens with zero attached hydrogens (tertiary/aromatic N) is 2. The lowest BCUT2D eigenvalue weighted by Gasteiger charge is -2.03. The molecule has 0 saturated carbocycles. The Morgan fingerprint density at radius 1 is 1.38 bits per heavy atom. The number of aliphatic imine (C=N–C) groups is 1. The summed E-state index contributed by atoms with van der Waals surface area (Å²) in [6.45, 7) is 3.75. The highest BCUT2D eigenvalue weighted by molar-refractivity contribution is 7.09. The first-order valence-corrected chi connectivity index (χ1v) is 5.56. The van der Waals surface area contributed by atoms with E-state index in [-0.39, 0.29) is 12.0 Å². The summed E-state index contributed by atoms with van der Waals surface area (Å²) in [5.41, 5.74) is 0.937. The Morgan fingerprint density at radius 2 is 2.00 bits per heavy atom. The minimum absolute atomic E-state index is 0.188. The van der Waals surface area contributed by atoms with Crippen molar-refractivity contribution in [3.63, 3.8) is 0 Å². The van der Waals surface area contributed by atoms with Gasteiger partial charge in [-0.3, -0.25) is 20.2 Å². The number of carbonyl (C=O) groups excluding carboxylic acids is 2. The van der Waals surface area contributed by atoms with Crippen LogP contribution in [-0.4, -0.2) is 22.8 Å². The molecule has 1 unspecified atom stereocenters. The minimum atomic E-state index is -0.679. The number of aromatic nitrogens is 1. The van der Waals surface area contributed by atoms with E-state index in [2.05, 4.69) is 20.6 Å². The van der Waals surface area contributed by atoms with E-state index < -0.39 is 11.8 Å². The van der Waals surface area contributed by atoms with E-state index in [1.54, 1.807) is 0 Å². The lowest BCUT2D eigenvalue weighted by molar-refractivity contribution is -0.135. The molecule has 16 heavy (non-hydrogen) atoms. The number of hydrogen-bond acceptors (Lipinski definition) is 5. The molecule has 1 aliphatic heterocycles. The Kier molecular flexibility index (Phi) is 2.69. The van der Waals surface area contributed by atoms with Crippen LogP contribution in [0.1, 0.15) is 23.7 Å². The quantitative estimate of drug-likeness (QED) is 0.717. The van der Waals surface area contributed by atoms with Crippen molar-refractivity contribution in [1.82, 2.24) is 15.6 Å². The number of guanidine groups is 1. The van der Waals surface area contributed by atoms with Gasteiger partial charge >= 0.3 is 11.8 Å². The average Bonchev–Trinajstić information content (AvgIpc) is 2.75. The summed E-state index contributed by atoms with van der Waals surface area (Å²) < 4.78 is 0.